The van der Waals surface area contributed by atoms with Crippen molar-refractivity contribution < 1.29 is 0 Å². The summed E-state index contributed by atoms with van der Waals surface area (Å²) in [6, 6.07) is 0. The van der Waals surface area contributed by atoms with Crippen molar-refractivity contribution in [2.45, 2.75) is 18.6 Å². The van der Waals surface area contributed by atoms with Crippen molar-refractivity contribution in [3.63, 3.8) is 0 Å². The average molecular weight is 229 g/mol. The van der Waals surface area contributed by atoms with Gasteiger partial charge in [0.25, 0.3) is 0 Å². The van der Waals surface area contributed by atoms with Crippen molar-refractivity contribution in [3.8, 4) is 0 Å². The first-order chi connectivity index (χ1) is 6.57. The molecule has 0 aliphatic carbocycles. The van der Waals surface area contributed by atoms with Gasteiger partial charge < -0.3 is 10.6 Å². The fourth-order valence-electron chi connectivity index (χ4n) is 1.60. The van der Waals surface area contributed by atoms with Crippen LogP contribution in [0.15, 0.2) is 6.20 Å². The Morgan fingerprint density at radius 1 is 1.57 bits per heavy atom. The van der Waals surface area contributed by atoms with Crippen LogP contribution in [0.5, 0.6) is 0 Å². The standard InChI is InChI=1S/C9H15N3S2/c1-9(2)6-12(3-4-13-9)8-11-5-7(10)14-8/h5H,3-4,6,10H2,1-2H3. The number of nitrogens with two attached hydrogens (primary N) is 1. The van der Waals surface area contributed by atoms with Crippen LogP contribution in [-0.2, 0) is 0 Å². The van der Waals surface area contributed by atoms with Crippen LogP contribution in [0.2, 0.25) is 0 Å². The largest absolute Gasteiger partial charge is 0.389 e. The summed E-state index contributed by atoms with van der Waals surface area (Å²) in [6.07, 6.45) is 1.74. The number of anilines is 2. The summed E-state index contributed by atoms with van der Waals surface area (Å²) in [5.74, 6) is 1.17. The molecule has 1 aliphatic heterocycles. The molecule has 3 nitrogen and oxygen atoms in total. The Morgan fingerprint density at radius 3 is 2.93 bits per heavy atom. The molecule has 1 aromatic rings. The van der Waals surface area contributed by atoms with E-state index in [0.717, 1.165) is 23.2 Å². The van der Waals surface area contributed by atoms with Gasteiger partial charge in [-0.3, -0.25) is 0 Å². The van der Waals surface area contributed by atoms with Crippen molar-refractivity contribution in [1.82, 2.24) is 4.98 Å². The van der Waals surface area contributed by atoms with E-state index in [0.29, 0.717) is 4.75 Å². The van der Waals surface area contributed by atoms with E-state index in [1.54, 1.807) is 17.5 Å². The number of nitrogen functional groups attached to an aromatic ring is 1. The van der Waals surface area contributed by atoms with Gasteiger partial charge in [-0.15, -0.1) is 0 Å². The van der Waals surface area contributed by atoms with Gasteiger partial charge in [-0.2, -0.15) is 11.8 Å². The number of rotatable bonds is 1. The fraction of sp³-hybridized carbons (Fsp3) is 0.667. The maximum atomic E-state index is 5.68. The summed E-state index contributed by atoms with van der Waals surface area (Å²) >= 11 is 3.61. The first kappa shape index (κ1) is 10.1. The Morgan fingerprint density at radius 2 is 2.36 bits per heavy atom. The van der Waals surface area contributed by atoms with Crippen LogP contribution in [0.4, 0.5) is 10.1 Å². The Labute approximate surface area is 92.7 Å². The molecule has 78 valence electrons. The maximum absolute atomic E-state index is 5.68. The van der Waals surface area contributed by atoms with Gasteiger partial charge in [0.1, 0.15) is 5.00 Å². The van der Waals surface area contributed by atoms with E-state index < -0.39 is 0 Å². The van der Waals surface area contributed by atoms with Crippen molar-refractivity contribution in [1.29, 1.82) is 0 Å². The summed E-state index contributed by atoms with van der Waals surface area (Å²) < 4.78 is 0.332. The first-order valence-electron chi connectivity index (χ1n) is 4.67. The van der Waals surface area contributed by atoms with Crippen LogP contribution in [-0.4, -0.2) is 28.6 Å². The lowest BCUT2D eigenvalue weighted by atomic mass is 10.2. The minimum atomic E-state index is 0.332. The molecule has 14 heavy (non-hydrogen) atoms. The molecule has 2 heterocycles. The van der Waals surface area contributed by atoms with Crippen LogP contribution in [0.25, 0.3) is 0 Å². The number of hydrogen-bond acceptors (Lipinski definition) is 5. The Bertz CT molecular complexity index is 322. The van der Waals surface area contributed by atoms with E-state index in [4.69, 9.17) is 5.73 Å². The van der Waals surface area contributed by atoms with Crippen molar-refractivity contribution in [3.05, 3.63) is 6.20 Å². The van der Waals surface area contributed by atoms with Crippen LogP contribution in [0.3, 0.4) is 0 Å². The highest BCUT2D eigenvalue weighted by atomic mass is 32.2. The monoisotopic (exact) mass is 229 g/mol. The molecule has 5 heteroatoms. The number of thioether (sulfide) groups is 1. The summed E-state index contributed by atoms with van der Waals surface area (Å²) in [5.41, 5.74) is 5.68. The molecule has 0 saturated carbocycles. The lowest BCUT2D eigenvalue weighted by molar-refractivity contribution is 0.646. The molecule has 0 atom stereocenters. The molecular formula is C9H15N3S2. The highest BCUT2D eigenvalue weighted by Crippen LogP contribution is 2.34. The molecule has 2 N–H and O–H groups in total. The second-order valence-electron chi connectivity index (χ2n) is 4.07. The molecule has 1 fully saturated rings. The van der Waals surface area contributed by atoms with Crippen molar-refractivity contribution in [2.75, 3.05) is 29.5 Å². The van der Waals surface area contributed by atoms with Gasteiger partial charge in [0, 0.05) is 23.6 Å². The predicted octanol–water partition coefficient (Wildman–Crippen LogP) is 2.06. The molecule has 0 aromatic carbocycles. The number of hydrogen-bond donors (Lipinski definition) is 1. The SMILES string of the molecule is CC1(C)CN(c2ncc(N)s2)CCS1. The van der Waals surface area contributed by atoms with Crippen LogP contribution < -0.4 is 10.6 Å². The lowest BCUT2D eigenvalue weighted by Gasteiger charge is -2.37. The third-order valence-electron chi connectivity index (χ3n) is 2.21. The van der Waals surface area contributed by atoms with Crippen LogP contribution >= 0.6 is 23.1 Å². The van der Waals surface area contributed by atoms with Gasteiger partial charge in [0.05, 0.1) is 6.20 Å². The number of nitrogens with zero attached hydrogens (tertiary/aromatic N) is 2. The highest BCUT2D eigenvalue weighted by Gasteiger charge is 2.28. The van der Waals surface area contributed by atoms with Gasteiger partial charge in [-0.25, -0.2) is 4.98 Å². The average Bonchev–Trinajstić information content (AvgIpc) is 2.50. The van der Waals surface area contributed by atoms with E-state index in [1.165, 1.54) is 5.75 Å². The molecule has 2 rings (SSSR count). The Balaban J connectivity index is 2.12. The molecule has 1 aromatic heterocycles. The predicted molar refractivity (Wildman–Crippen MR) is 65.3 cm³/mol. The van der Waals surface area contributed by atoms with E-state index in [1.807, 2.05) is 11.8 Å². The molecule has 0 unspecified atom stereocenters. The zero-order valence-electron chi connectivity index (χ0n) is 8.49. The van der Waals surface area contributed by atoms with Crippen LogP contribution in [0, 0.1) is 0 Å². The van der Waals surface area contributed by atoms with Crippen molar-refractivity contribution in [2.24, 2.45) is 0 Å². The molecule has 0 spiro atoms. The minimum Gasteiger partial charge on any atom is -0.389 e. The lowest BCUT2D eigenvalue weighted by Crippen LogP contribution is -2.43. The topological polar surface area (TPSA) is 42.2 Å². The second-order valence-corrected chi connectivity index (χ2v) is 6.92. The molecule has 1 aliphatic rings. The van der Waals surface area contributed by atoms with Crippen LogP contribution in [0.1, 0.15) is 13.8 Å². The normalized spacial score (nSPS) is 21.1. The first-order valence-corrected chi connectivity index (χ1v) is 6.47. The van der Waals surface area contributed by atoms with E-state index in [9.17, 15) is 0 Å². The molecular weight excluding hydrogens is 214 g/mol. The third kappa shape index (κ3) is 2.15. The second kappa shape index (κ2) is 3.62. The van der Waals surface area contributed by atoms with Gasteiger partial charge >= 0.3 is 0 Å². The van der Waals surface area contributed by atoms with E-state index in [-0.39, 0.29) is 0 Å². The van der Waals surface area contributed by atoms with E-state index >= 15 is 0 Å². The summed E-state index contributed by atoms with van der Waals surface area (Å²) in [4.78, 5) is 6.65. The molecule has 1 saturated heterocycles. The fourth-order valence-corrected chi connectivity index (χ4v) is 3.42. The van der Waals surface area contributed by atoms with Gasteiger partial charge in [0.2, 0.25) is 0 Å². The third-order valence-corrected chi connectivity index (χ3v) is 4.39. The zero-order valence-corrected chi connectivity index (χ0v) is 10.1. The summed E-state index contributed by atoms with van der Waals surface area (Å²) in [6.45, 7) is 6.70. The maximum Gasteiger partial charge on any atom is 0.187 e. The smallest absolute Gasteiger partial charge is 0.187 e. The number of aromatic nitrogens is 1. The summed E-state index contributed by atoms with van der Waals surface area (Å²) in [7, 11) is 0. The number of thiazole rings is 1. The molecule has 0 amide bonds. The zero-order chi connectivity index (χ0) is 10.2. The minimum absolute atomic E-state index is 0.332. The Kier molecular flexibility index (Phi) is 2.62. The quantitative estimate of drug-likeness (QED) is 0.800. The highest BCUT2D eigenvalue weighted by molar-refractivity contribution is 8.00. The molecule has 0 radical (unpaired) electrons. The van der Waals surface area contributed by atoms with Gasteiger partial charge in [-0.1, -0.05) is 11.3 Å². The van der Waals surface area contributed by atoms with Gasteiger partial charge in [0.15, 0.2) is 5.13 Å². The van der Waals surface area contributed by atoms with Gasteiger partial charge in [-0.05, 0) is 13.8 Å². The Hall–Kier alpha value is -0.420. The molecule has 0 bridgehead atoms. The van der Waals surface area contributed by atoms with Crippen molar-refractivity contribution >= 4 is 33.2 Å². The van der Waals surface area contributed by atoms with E-state index in [2.05, 4.69) is 23.7 Å². The summed E-state index contributed by atoms with van der Waals surface area (Å²) in [5, 5.41) is 1.87.